The number of carboxylic acids is 1. The Morgan fingerprint density at radius 2 is 1.91 bits per heavy atom. The Morgan fingerprint density at radius 1 is 1.09 bits per heavy atom. The van der Waals surface area contributed by atoms with E-state index in [1.807, 2.05) is 39.6 Å². The van der Waals surface area contributed by atoms with E-state index in [9.17, 15) is 14.3 Å². The molecule has 2 aliphatic rings. The summed E-state index contributed by atoms with van der Waals surface area (Å²) in [5.41, 5.74) is 5.55. The third-order valence-electron chi connectivity index (χ3n) is 9.36. The topological polar surface area (TPSA) is 93.8 Å². The Morgan fingerprint density at radius 3 is 2.72 bits per heavy atom. The Kier molecular flexibility index (Phi) is 9.18. The molecular formula is C36H39ClFN5O4. The van der Waals surface area contributed by atoms with Crippen molar-refractivity contribution < 1.29 is 23.8 Å². The van der Waals surface area contributed by atoms with E-state index in [2.05, 4.69) is 17.1 Å². The van der Waals surface area contributed by atoms with E-state index >= 15 is 0 Å². The van der Waals surface area contributed by atoms with Crippen molar-refractivity contribution in [2.45, 2.75) is 45.9 Å². The number of fused-ring (bicyclic) bond motifs is 3. The smallest absolute Gasteiger partial charge is 0.352 e. The lowest BCUT2D eigenvalue weighted by molar-refractivity contribution is 0.0683. The van der Waals surface area contributed by atoms with Gasteiger partial charge in [0.05, 0.1) is 48.3 Å². The number of nitrogens with one attached hydrogen (secondary N) is 1. The molecule has 3 aromatic carbocycles. The van der Waals surface area contributed by atoms with Gasteiger partial charge in [0.1, 0.15) is 17.3 Å². The summed E-state index contributed by atoms with van der Waals surface area (Å²) in [4.78, 5) is 15.5. The van der Waals surface area contributed by atoms with Gasteiger partial charge in [0, 0.05) is 61.2 Å². The third-order valence-corrected chi connectivity index (χ3v) is 9.68. The minimum Gasteiger partial charge on any atom is -0.493 e. The van der Waals surface area contributed by atoms with Crippen LogP contribution in [0.2, 0.25) is 5.02 Å². The summed E-state index contributed by atoms with van der Waals surface area (Å²) in [6.45, 7) is 9.01. The zero-order valence-corrected chi connectivity index (χ0v) is 27.3. The van der Waals surface area contributed by atoms with Crippen molar-refractivity contribution >= 4 is 39.2 Å². The molecule has 0 unspecified atom stereocenters. The van der Waals surface area contributed by atoms with Gasteiger partial charge in [0.15, 0.2) is 0 Å². The quantitative estimate of drug-likeness (QED) is 0.164. The summed E-state index contributed by atoms with van der Waals surface area (Å²) >= 11 is 7.08. The van der Waals surface area contributed by atoms with E-state index in [0.29, 0.717) is 62.9 Å². The lowest BCUT2D eigenvalue weighted by atomic mass is 9.97. The molecule has 0 radical (unpaired) electrons. The number of aromatic carboxylic acids is 1. The number of piperazine rings is 1. The van der Waals surface area contributed by atoms with Crippen LogP contribution in [0.5, 0.6) is 5.75 Å². The zero-order valence-electron chi connectivity index (χ0n) is 26.5. The summed E-state index contributed by atoms with van der Waals surface area (Å²) in [7, 11) is 0. The van der Waals surface area contributed by atoms with Gasteiger partial charge in [-0.15, -0.1) is 0 Å². The van der Waals surface area contributed by atoms with Gasteiger partial charge in [0.25, 0.3) is 0 Å². The van der Waals surface area contributed by atoms with E-state index < -0.39 is 5.97 Å². The maximum atomic E-state index is 13.8. The molecule has 0 bridgehead atoms. The van der Waals surface area contributed by atoms with Crippen LogP contribution in [-0.2, 0) is 37.3 Å². The Balaban J connectivity index is 1.29. The van der Waals surface area contributed by atoms with Crippen LogP contribution >= 0.6 is 11.6 Å². The molecule has 2 aromatic heterocycles. The zero-order chi connectivity index (χ0) is 32.5. The number of rotatable bonds is 11. The van der Waals surface area contributed by atoms with Crippen molar-refractivity contribution in [2.75, 3.05) is 45.9 Å². The largest absolute Gasteiger partial charge is 0.493 e. The number of carbonyl (C=O) groups is 1. The van der Waals surface area contributed by atoms with Crippen molar-refractivity contribution in [1.29, 1.82) is 0 Å². The Labute approximate surface area is 277 Å². The summed E-state index contributed by atoms with van der Waals surface area (Å²) in [6, 6.07) is 14.1. The Bertz CT molecular complexity index is 1950. The van der Waals surface area contributed by atoms with E-state index in [4.69, 9.17) is 26.2 Å². The van der Waals surface area contributed by atoms with Gasteiger partial charge in [-0.05, 0) is 60.5 Å². The maximum absolute atomic E-state index is 13.8. The number of ether oxygens (including phenoxy) is 2. The fourth-order valence-corrected chi connectivity index (χ4v) is 7.40. The average molecular weight is 660 g/mol. The highest BCUT2D eigenvalue weighted by Gasteiger charge is 2.30. The van der Waals surface area contributed by atoms with Gasteiger partial charge < -0.3 is 24.5 Å². The van der Waals surface area contributed by atoms with Crippen LogP contribution in [0.1, 0.15) is 40.8 Å². The molecule has 9 nitrogen and oxygen atoms in total. The van der Waals surface area contributed by atoms with E-state index in [-0.39, 0.29) is 11.5 Å². The molecule has 0 saturated carbocycles. The molecule has 1 fully saturated rings. The lowest BCUT2D eigenvalue weighted by Crippen LogP contribution is -2.44. The van der Waals surface area contributed by atoms with Gasteiger partial charge in [-0.3, -0.25) is 9.58 Å². The molecule has 246 valence electrons. The monoisotopic (exact) mass is 659 g/mol. The number of aromatic nitrogens is 3. The summed E-state index contributed by atoms with van der Waals surface area (Å²) < 4.78 is 29.9. The summed E-state index contributed by atoms with van der Waals surface area (Å²) in [6.07, 6.45) is 1.79. The van der Waals surface area contributed by atoms with Crippen molar-refractivity contribution in [2.24, 2.45) is 0 Å². The van der Waals surface area contributed by atoms with Crippen LogP contribution in [0.4, 0.5) is 4.39 Å². The van der Waals surface area contributed by atoms with Crippen molar-refractivity contribution in [3.8, 4) is 16.9 Å². The van der Waals surface area contributed by atoms with E-state index in [1.54, 1.807) is 6.07 Å². The molecule has 1 saturated heterocycles. The molecule has 7 rings (SSSR count). The minimum absolute atomic E-state index is 0.287. The lowest BCUT2D eigenvalue weighted by Gasteiger charge is -2.27. The first-order chi connectivity index (χ1) is 22.9. The van der Waals surface area contributed by atoms with Crippen LogP contribution < -0.4 is 10.1 Å². The number of hydrogen-bond donors (Lipinski definition) is 2. The first kappa shape index (κ1) is 31.6. The fraction of sp³-hybridized carbons (Fsp3) is 0.389. The van der Waals surface area contributed by atoms with Gasteiger partial charge in [-0.1, -0.05) is 36.7 Å². The molecule has 4 heterocycles. The molecule has 2 N–H and O–H groups in total. The number of carboxylic acid groups (broad SMARTS) is 1. The van der Waals surface area contributed by atoms with Crippen molar-refractivity contribution in [3.63, 3.8) is 0 Å². The third kappa shape index (κ3) is 6.11. The van der Waals surface area contributed by atoms with Gasteiger partial charge in [-0.2, -0.15) is 5.10 Å². The first-order valence-electron chi connectivity index (χ1n) is 16.4. The van der Waals surface area contributed by atoms with Crippen LogP contribution in [-0.4, -0.2) is 76.3 Å². The maximum Gasteiger partial charge on any atom is 0.352 e. The van der Waals surface area contributed by atoms with E-state index in [1.165, 1.54) is 12.1 Å². The molecule has 11 heteroatoms. The standard InChI is InChI=1S/C36H39ClFN5O4/c1-2-29-33(30-22-46-20-18-43(30)40-29)32-28(37)11-10-27-26(6-4-19-47-31-7-3-5-23-21-24(38)8-9-25(23)31)35(36(44)45)42(34(27)32)17-16-41-14-12-39-13-15-41/h3,5,7-11,21,39H,2,4,6,12-20,22H2,1H3,(H,44,45). The summed E-state index contributed by atoms with van der Waals surface area (Å²) in [5.74, 6) is -0.584. The number of halogens is 2. The molecule has 2 aliphatic heterocycles. The second-order valence-electron chi connectivity index (χ2n) is 12.2. The predicted molar refractivity (Wildman–Crippen MR) is 181 cm³/mol. The minimum atomic E-state index is -0.966. The average Bonchev–Trinajstić information content (AvgIpc) is 3.61. The number of benzene rings is 3. The highest BCUT2D eigenvalue weighted by molar-refractivity contribution is 6.35. The molecular weight excluding hydrogens is 621 g/mol. The fourth-order valence-electron chi connectivity index (χ4n) is 7.15. The van der Waals surface area contributed by atoms with Gasteiger partial charge in [-0.25, -0.2) is 9.18 Å². The normalized spacial score (nSPS) is 15.4. The predicted octanol–water partition coefficient (Wildman–Crippen LogP) is 6.16. The van der Waals surface area contributed by atoms with Crippen molar-refractivity contribution in [1.82, 2.24) is 24.6 Å². The van der Waals surface area contributed by atoms with Crippen LogP contribution in [0.15, 0.2) is 48.5 Å². The second kappa shape index (κ2) is 13.6. The summed E-state index contributed by atoms with van der Waals surface area (Å²) in [5, 5.41) is 22.1. The molecule has 0 spiro atoms. The van der Waals surface area contributed by atoms with Gasteiger partial charge in [0.2, 0.25) is 0 Å². The SMILES string of the molecule is CCc1nn2c(c1-c1c(Cl)ccc3c(CCCOc4cccc5cc(F)ccc45)c(C(=O)O)n(CCN4CCNCC4)c13)COCC2. The number of hydrogen-bond acceptors (Lipinski definition) is 6. The number of aryl methyl sites for hydroxylation is 2. The van der Waals surface area contributed by atoms with Crippen LogP contribution in [0.25, 0.3) is 32.8 Å². The highest BCUT2D eigenvalue weighted by Crippen LogP contribution is 2.43. The second-order valence-corrected chi connectivity index (χ2v) is 12.6. The molecule has 0 aliphatic carbocycles. The highest BCUT2D eigenvalue weighted by atomic mass is 35.5. The van der Waals surface area contributed by atoms with Crippen molar-refractivity contribution in [3.05, 3.63) is 82.0 Å². The molecule has 0 atom stereocenters. The van der Waals surface area contributed by atoms with Crippen LogP contribution in [0, 0.1) is 5.82 Å². The number of nitrogens with zero attached hydrogens (tertiary/aromatic N) is 4. The molecule has 5 aromatic rings. The molecule has 47 heavy (non-hydrogen) atoms. The van der Waals surface area contributed by atoms with Gasteiger partial charge >= 0.3 is 5.97 Å². The van der Waals surface area contributed by atoms with Crippen LogP contribution in [0.3, 0.4) is 0 Å². The first-order valence-corrected chi connectivity index (χ1v) is 16.8. The Hall–Kier alpha value is -3.96. The molecule has 0 amide bonds. The van der Waals surface area contributed by atoms with E-state index in [0.717, 1.165) is 82.5 Å².